The number of carbonyl (C=O) groups excluding carboxylic acids is 1. The smallest absolute Gasteiger partial charge is 0.224 e. The van der Waals surface area contributed by atoms with Gasteiger partial charge in [0.15, 0.2) is 0 Å². The zero-order chi connectivity index (χ0) is 11.1. The lowest BCUT2D eigenvalue weighted by Crippen LogP contribution is -2.37. The predicted molar refractivity (Wildman–Crippen MR) is 62.7 cm³/mol. The third kappa shape index (κ3) is 4.65. The molecule has 15 heavy (non-hydrogen) atoms. The van der Waals surface area contributed by atoms with Gasteiger partial charge < -0.3 is 10.6 Å². The van der Waals surface area contributed by atoms with Crippen LogP contribution in [-0.4, -0.2) is 25.5 Å². The van der Waals surface area contributed by atoms with Gasteiger partial charge in [-0.2, -0.15) is 0 Å². The molecule has 1 rings (SSSR count). The molecule has 1 saturated carbocycles. The van der Waals surface area contributed by atoms with Crippen LogP contribution in [0.15, 0.2) is 0 Å². The second-order valence-electron chi connectivity index (χ2n) is 4.60. The monoisotopic (exact) mass is 212 g/mol. The van der Waals surface area contributed by atoms with Crippen LogP contribution in [0.25, 0.3) is 0 Å². The summed E-state index contributed by atoms with van der Waals surface area (Å²) < 4.78 is 0. The molecule has 1 aliphatic carbocycles. The zero-order valence-corrected chi connectivity index (χ0v) is 10.0. The Hall–Kier alpha value is -0.570. The fourth-order valence-electron chi connectivity index (χ4n) is 2.09. The third-order valence-electron chi connectivity index (χ3n) is 3.19. The van der Waals surface area contributed by atoms with E-state index in [9.17, 15) is 4.79 Å². The predicted octanol–water partition coefficient (Wildman–Crippen LogP) is 1.54. The van der Waals surface area contributed by atoms with Gasteiger partial charge >= 0.3 is 0 Å². The van der Waals surface area contributed by atoms with Crippen molar-refractivity contribution >= 4 is 5.91 Å². The maximum absolute atomic E-state index is 11.7. The summed E-state index contributed by atoms with van der Waals surface area (Å²) in [5.41, 5.74) is 0. The Kier molecular flexibility index (Phi) is 5.69. The minimum absolute atomic E-state index is 0.0892. The van der Waals surface area contributed by atoms with E-state index in [1.807, 2.05) is 6.92 Å². The number of rotatable bonds is 6. The van der Waals surface area contributed by atoms with Crippen LogP contribution in [0.4, 0.5) is 0 Å². The molecule has 3 heteroatoms. The van der Waals surface area contributed by atoms with Crippen molar-refractivity contribution in [3.8, 4) is 0 Å². The molecule has 2 N–H and O–H groups in total. The highest BCUT2D eigenvalue weighted by Gasteiger charge is 2.17. The van der Waals surface area contributed by atoms with Gasteiger partial charge in [0.2, 0.25) is 5.91 Å². The van der Waals surface area contributed by atoms with Gasteiger partial charge in [0.1, 0.15) is 0 Å². The van der Waals surface area contributed by atoms with Gasteiger partial charge in [-0.3, -0.25) is 4.79 Å². The van der Waals surface area contributed by atoms with E-state index in [1.165, 1.54) is 25.7 Å². The number of nitrogens with one attached hydrogen (secondary N) is 2. The van der Waals surface area contributed by atoms with Crippen molar-refractivity contribution in [3.05, 3.63) is 0 Å². The Balaban J connectivity index is 2.11. The summed E-state index contributed by atoms with van der Waals surface area (Å²) in [6, 6.07) is 0. The minimum atomic E-state index is 0.0892. The fraction of sp³-hybridized carbons (Fsp3) is 0.917. The molecule has 0 spiro atoms. The number of amides is 1. The quantitative estimate of drug-likeness (QED) is 0.701. The summed E-state index contributed by atoms with van der Waals surface area (Å²) in [4.78, 5) is 11.7. The van der Waals surface area contributed by atoms with Gasteiger partial charge in [-0.25, -0.2) is 0 Å². The first-order valence-electron chi connectivity index (χ1n) is 6.22. The molecular formula is C12H24N2O. The molecule has 0 saturated heterocycles. The van der Waals surface area contributed by atoms with Crippen LogP contribution in [0.3, 0.4) is 0 Å². The maximum Gasteiger partial charge on any atom is 0.224 e. The third-order valence-corrected chi connectivity index (χ3v) is 3.19. The lowest BCUT2D eigenvalue weighted by molar-refractivity contribution is -0.124. The average Bonchev–Trinajstić information content (AvgIpc) is 2.75. The molecule has 1 fully saturated rings. The molecule has 0 bridgehead atoms. The van der Waals surface area contributed by atoms with Gasteiger partial charge in [-0.15, -0.1) is 0 Å². The van der Waals surface area contributed by atoms with Gasteiger partial charge in [-0.1, -0.05) is 26.7 Å². The topological polar surface area (TPSA) is 41.1 Å². The lowest BCUT2D eigenvalue weighted by atomic mass is 10.1. The highest BCUT2D eigenvalue weighted by Crippen LogP contribution is 2.23. The van der Waals surface area contributed by atoms with Crippen LogP contribution in [0.1, 0.15) is 39.5 Å². The Morgan fingerprint density at radius 2 is 2.07 bits per heavy atom. The van der Waals surface area contributed by atoms with Crippen LogP contribution in [-0.2, 0) is 4.79 Å². The molecule has 88 valence electrons. The molecule has 1 amide bonds. The lowest BCUT2D eigenvalue weighted by Gasteiger charge is -2.15. The van der Waals surface area contributed by atoms with Crippen molar-refractivity contribution in [1.29, 1.82) is 0 Å². The summed E-state index contributed by atoms with van der Waals surface area (Å²) in [5, 5.41) is 6.25. The highest BCUT2D eigenvalue weighted by molar-refractivity contribution is 5.78. The normalized spacial score (nSPS) is 19.1. The fourth-order valence-corrected chi connectivity index (χ4v) is 2.09. The van der Waals surface area contributed by atoms with Crippen molar-refractivity contribution in [2.24, 2.45) is 11.8 Å². The van der Waals surface area contributed by atoms with Crippen molar-refractivity contribution in [2.75, 3.05) is 19.6 Å². The first-order valence-corrected chi connectivity index (χ1v) is 6.22. The van der Waals surface area contributed by atoms with E-state index in [0.29, 0.717) is 0 Å². The molecule has 0 aliphatic heterocycles. The summed E-state index contributed by atoms with van der Waals surface area (Å²) in [7, 11) is 0. The highest BCUT2D eigenvalue weighted by atomic mass is 16.1. The summed E-state index contributed by atoms with van der Waals surface area (Å²) in [5.74, 6) is 1.02. The zero-order valence-electron chi connectivity index (χ0n) is 10.0. The standard InChI is InChI=1S/C12H24N2O/c1-3-13-8-10(2)12(15)14-9-11-6-4-5-7-11/h10-11,13H,3-9H2,1-2H3,(H,14,15). The summed E-state index contributed by atoms with van der Waals surface area (Å²) in [6.07, 6.45) is 5.27. The second-order valence-corrected chi connectivity index (χ2v) is 4.60. The van der Waals surface area contributed by atoms with E-state index in [2.05, 4.69) is 17.6 Å². The van der Waals surface area contributed by atoms with Crippen molar-refractivity contribution in [3.63, 3.8) is 0 Å². The van der Waals surface area contributed by atoms with Crippen LogP contribution >= 0.6 is 0 Å². The van der Waals surface area contributed by atoms with Crippen LogP contribution in [0, 0.1) is 11.8 Å². The van der Waals surface area contributed by atoms with Gasteiger partial charge in [0.25, 0.3) is 0 Å². The molecule has 0 radical (unpaired) electrons. The first-order chi connectivity index (χ1) is 7.24. The van der Waals surface area contributed by atoms with Crippen molar-refractivity contribution < 1.29 is 4.79 Å². The summed E-state index contributed by atoms with van der Waals surface area (Å²) >= 11 is 0. The molecule has 1 unspecified atom stereocenters. The summed E-state index contributed by atoms with van der Waals surface area (Å²) in [6.45, 7) is 6.64. The Labute approximate surface area is 93.0 Å². The molecule has 1 aliphatic rings. The van der Waals surface area contributed by atoms with E-state index in [4.69, 9.17) is 0 Å². The first kappa shape index (κ1) is 12.5. The molecule has 0 aromatic carbocycles. The molecular weight excluding hydrogens is 188 g/mol. The van der Waals surface area contributed by atoms with E-state index >= 15 is 0 Å². The van der Waals surface area contributed by atoms with E-state index < -0.39 is 0 Å². The number of hydrogen-bond acceptors (Lipinski definition) is 2. The van der Waals surface area contributed by atoms with Crippen molar-refractivity contribution in [2.45, 2.75) is 39.5 Å². The minimum Gasteiger partial charge on any atom is -0.356 e. The molecule has 3 nitrogen and oxygen atoms in total. The number of carbonyl (C=O) groups is 1. The maximum atomic E-state index is 11.7. The SMILES string of the molecule is CCNCC(C)C(=O)NCC1CCCC1. The largest absolute Gasteiger partial charge is 0.356 e. The molecule has 0 heterocycles. The van der Waals surface area contributed by atoms with E-state index in [1.54, 1.807) is 0 Å². The molecule has 0 aromatic heterocycles. The molecule has 0 aromatic rings. The molecule has 1 atom stereocenters. The van der Waals surface area contributed by atoms with Crippen LogP contribution in [0.2, 0.25) is 0 Å². The van der Waals surface area contributed by atoms with Gasteiger partial charge in [0.05, 0.1) is 0 Å². The van der Waals surface area contributed by atoms with Crippen LogP contribution in [0.5, 0.6) is 0 Å². The van der Waals surface area contributed by atoms with E-state index in [-0.39, 0.29) is 11.8 Å². The van der Waals surface area contributed by atoms with Gasteiger partial charge in [0, 0.05) is 19.0 Å². The average molecular weight is 212 g/mol. The van der Waals surface area contributed by atoms with Crippen LogP contribution < -0.4 is 10.6 Å². The van der Waals surface area contributed by atoms with E-state index in [0.717, 1.165) is 25.6 Å². The Morgan fingerprint density at radius 3 is 2.67 bits per heavy atom. The van der Waals surface area contributed by atoms with Gasteiger partial charge in [-0.05, 0) is 25.3 Å². The number of hydrogen-bond donors (Lipinski definition) is 2. The van der Waals surface area contributed by atoms with Crippen molar-refractivity contribution in [1.82, 2.24) is 10.6 Å². The Bertz CT molecular complexity index is 188. The second kappa shape index (κ2) is 6.83. The Morgan fingerprint density at radius 1 is 1.40 bits per heavy atom.